The number of likely N-dealkylation sites (tertiary alicyclic amines) is 1. The van der Waals surface area contributed by atoms with Crippen LogP contribution in [0.1, 0.15) is 18.4 Å². The zero-order chi connectivity index (χ0) is 18.4. The molecule has 0 unspecified atom stereocenters. The third-order valence-electron chi connectivity index (χ3n) is 4.01. The SMILES string of the molecule is O=C(C[NH+]1CCCC1)NCCNc1ccc(C(F)(F)F)cc1[N+](=O)[O-]. The van der Waals surface area contributed by atoms with Gasteiger partial charge in [0, 0.05) is 32.0 Å². The van der Waals surface area contributed by atoms with Crippen LogP contribution in [0, 0.1) is 10.1 Å². The second kappa shape index (κ2) is 8.15. The van der Waals surface area contributed by atoms with E-state index in [-0.39, 0.29) is 24.7 Å². The number of hydrogen-bond acceptors (Lipinski definition) is 4. The number of hydrogen-bond donors (Lipinski definition) is 3. The van der Waals surface area contributed by atoms with Crippen molar-refractivity contribution < 1.29 is 27.8 Å². The van der Waals surface area contributed by atoms with Crippen molar-refractivity contribution in [1.82, 2.24) is 5.32 Å². The Kier molecular flexibility index (Phi) is 6.18. The first-order chi connectivity index (χ1) is 11.8. The van der Waals surface area contributed by atoms with Gasteiger partial charge in [-0.05, 0) is 12.1 Å². The number of halogens is 3. The van der Waals surface area contributed by atoms with Crippen molar-refractivity contribution in [2.45, 2.75) is 19.0 Å². The maximum Gasteiger partial charge on any atom is 0.416 e. The summed E-state index contributed by atoms with van der Waals surface area (Å²) in [5.41, 5.74) is -1.74. The highest BCUT2D eigenvalue weighted by atomic mass is 19.4. The van der Waals surface area contributed by atoms with Gasteiger partial charge in [0.05, 0.1) is 23.6 Å². The van der Waals surface area contributed by atoms with Crippen molar-refractivity contribution in [3.8, 4) is 0 Å². The number of nitro groups is 1. The number of nitrogens with one attached hydrogen (secondary N) is 3. The smallest absolute Gasteiger partial charge is 0.378 e. The highest BCUT2D eigenvalue weighted by molar-refractivity contribution is 5.76. The van der Waals surface area contributed by atoms with Gasteiger partial charge < -0.3 is 15.5 Å². The van der Waals surface area contributed by atoms with Gasteiger partial charge >= 0.3 is 6.18 Å². The van der Waals surface area contributed by atoms with Gasteiger partial charge in [0.1, 0.15) is 5.69 Å². The molecule has 0 aromatic heterocycles. The number of carbonyl (C=O) groups excluding carboxylic acids is 1. The largest absolute Gasteiger partial charge is 0.416 e. The lowest BCUT2D eigenvalue weighted by molar-refractivity contribution is -0.879. The van der Waals surface area contributed by atoms with E-state index in [2.05, 4.69) is 10.6 Å². The fraction of sp³-hybridized carbons (Fsp3) is 0.533. The highest BCUT2D eigenvalue weighted by Crippen LogP contribution is 2.34. The van der Waals surface area contributed by atoms with Crippen molar-refractivity contribution in [1.29, 1.82) is 0 Å². The molecular weight excluding hydrogens is 341 g/mol. The van der Waals surface area contributed by atoms with Gasteiger partial charge in [0.25, 0.3) is 11.6 Å². The zero-order valence-electron chi connectivity index (χ0n) is 13.5. The molecule has 1 heterocycles. The minimum atomic E-state index is -4.64. The van der Waals surface area contributed by atoms with Gasteiger partial charge in [-0.2, -0.15) is 13.2 Å². The van der Waals surface area contributed by atoms with E-state index in [9.17, 15) is 28.1 Å². The average Bonchev–Trinajstić information content (AvgIpc) is 3.03. The summed E-state index contributed by atoms with van der Waals surface area (Å²) in [5.74, 6) is -0.111. The Morgan fingerprint density at radius 1 is 1.24 bits per heavy atom. The fourth-order valence-corrected chi connectivity index (χ4v) is 2.75. The summed E-state index contributed by atoms with van der Waals surface area (Å²) in [6, 6.07) is 2.31. The molecule has 7 nitrogen and oxygen atoms in total. The molecule has 0 aliphatic carbocycles. The Bertz CT molecular complexity index is 631. The van der Waals surface area contributed by atoms with E-state index in [4.69, 9.17) is 0 Å². The molecular formula is C15H20F3N4O3+. The van der Waals surface area contributed by atoms with Crippen LogP contribution in [-0.2, 0) is 11.0 Å². The number of nitro benzene ring substituents is 1. The lowest BCUT2D eigenvalue weighted by atomic mass is 10.1. The van der Waals surface area contributed by atoms with Crippen molar-refractivity contribution in [2.24, 2.45) is 0 Å². The normalized spacial score (nSPS) is 15.2. The first kappa shape index (κ1) is 19.0. The minimum Gasteiger partial charge on any atom is -0.378 e. The molecule has 1 aromatic rings. The molecule has 0 radical (unpaired) electrons. The van der Waals surface area contributed by atoms with Crippen molar-refractivity contribution in [3.05, 3.63) is 33.9 Å². The number of anilines is 1. The minimum absolute atomic E-state index is 0.0163. The molecule has 10 heteroatoms. The number of quaternary nitrogens is 1. The topological polar surface area (TPSA) is 88.7 Å². The molecule has 138 valence electrons. The van der Waals surface area contributed by atoms with Gasteiger partial charge in [0.15, 0.2) is 6.54 Å². The second-order valence-electron chi connectivity index (χ2n) is 5.90. The third kappa shape index (κ3) is 5.59. The first-order valence-corrected chi connectivity index (χ1v) is 7.97. The zero-order valence-corrected chi connectivity index (χ0v) is 13.5. The van der Waals surface area contributed by atoms with Crippen LogP contribution in [0.5, 0.6) is 0 Å². The van der Waals surface area contributed by atoms with E-state index in [0.29, 0.717) is 12.6 Å². The number of carbonyl (C=O) groups is 1. The maximum absolute atomic E-state index is 12.6. The summed E-state index contributed by atoms with van der Waals surface area (Å²) >= 11 is 0. The first-order valence-electron chi connectivity index (χ1n) is 7.97. The number of rotatable bonds is 7. The van der Waals surface area contributed by atoms with E-state index in [1.54, 1.807) is 0 Å². The molecule has 2 rings (SSSR count). The number of nitrogens with zero attached hydrogens (tertiary/aromatic N) is 1. The molecule has 1 fully saturated rings. The Labute approximate surface area is 142 Å². The maximum atomic E-state index is 12.6. The number of benzene rings is 1. The highest BCUT2D eigenvalue weighted by Gasteiger charge is 2.33. The Balaban J connectivity index is 1.85. The van der Waals surface area contributed by atoms with Crippen LogP contribution in [0.2, 0.25) is 0 Å². The summed E-state index contributed by atoms with van der Waals surface area (Å²) in [6.07, 6.45) is -2.42. The molecule has 1 amide bonds. The molecule has 0 saturated carbocycles. The average molecular weight is 361 g/mol. The molecule has 1 aliphatic heterocycles. The fourth-order valence-electron chi connectivity index (χ4n) is 2.75. The van der Waals surface area contributed by atoms with E-state index >= 15 is 0 Å². The Morgan fingerprint density at radius 3 is 2.52 bits per heavy atom. The van der Waals surface area contributed by atoms with Crippen LogP contribution >= 0.6 is 0 Å². The third-order valence-corrected chi connectivity index (χ3v) is 4.01. The summed E-state index contributed by atoms with van der Waals surface area (Å²) < 4.78 is 37.9. The Hall–Kier alpha value is -2.36. The van der Waals surface area contributed by atoms with Gasteiger partial charge in [-0.3, -0.25) is 14.9 Å². The second-order valence-corrected chi connectivity index (χ2v) is 5.90. The van der Waals surface area contributed by atoms with Gasteiger partial charge in [-0.25, -0.2) is 0 Å². The predicted octanol–water partition coefficient (Wildman–Crippen LogP) is 0.820. The van der Waals surface area contributed by atoms with Crippen LogP contribution in [-0.4, -0.2) is 43.6 Å². The molecule has 0 atom stereocenters. The molecule has 1 saturated heterocycles. The number of amides is 1. The molecule has 0 spiro atoms. The van der Waals surface area contributed by atoms with E-state index in [1.165, 1.54) is 4.90 Å². The summed E-state index contributed by atoms with van der Waals surface area (Å²) in [6.45, 7) is 2.74. The van der Waals surface area contributed by atoms with E-state index < -0.39 is 22.4 Å². The summed E-state index contributed by atoms with van der Waals surface area (Å²) in [5, 5.41) is 16.3. The molecule has 1 aliphatic rings. The van der Waals surface area contributed by atoms with Crippen molar-refractivity contribution in [2.75, 3.05) is 38.0 Å². The lowest BCUT2D eigenvalue weighted by Gasteiger charge is -2.13. The predicted molar refractivity (Wildman–Crippen MR) is 84.4 cm³/mol. The van der Waals surface area contributed by atoms with Crippen LogP contribution < -0.4 is 15.5 Å². The van der Waals surface area contributed by atoms with Gasteiger partial charge in [-0.15, -0.1) is 0 Å². The van der Waals surface area contributed by atoms with Crippen molar-refractivity contribution >= 4 is 17.3 Å². The van der Waals surface area contributed by atoms with E-state index in [1.807, 2.05) is 0 Å². The summed E-state index contributed by atoms with van der Waals surface area (Å²) in [7, 11) is 0. The van der Waals surface area contributed by atoms with Crippen LogP contribution in [0.15, 0.2) is 18.2 Å². The molecule has 0 bridgehead atoms. The molecule has 25 heavy (non-hydrogen) atoms. The quantitative estimate of drug-likeness (QED) is 0.381. The van der Waals surface area contributed by atoms with Gasteiger partial charge in [-0.1, -0.05) is 0 Å². The molecule has 1 aromatic carbocycles. The summed E-state index contributed by atoms with van der Waals surface area (Å²) in [4.78, 5) is 23.1. The lowest BCUT2D eigenvalue weighted by Crippen LogP contribution is -3.11. The van der Waals surface area contributed by atoms with E-state index in [0.717, 1.165) is 38.1 Å². The van der Waals surface area contributed by atoms with Gasteiger partial charge in [0.2, 0.25) is 0 Å². The van der Waals surface area contributed by atoms with Crippen molar-refractivity contribution in [3.63, 3.8) is 0 Å². The monoisotopic (exact) mass is 361 g/mol. The molecule has 3 N–H and O–H groups in total. The van der Waals surface area contributed by atoms with Crippen LogP contribution in [0.25, 0.3) is 0 Å². The standard InChI is InChI=1S/C15H19F3N4O3/c16-15(17,18)11-3-4-12(13(9-11)22(24)25)19-5-6-20-14(23)10-21-7-1-2-8-21/h3-4,9,19H,1-2,5-8,10H2,(H,20,23)/p+1. The van der Waals surface area contributed by atoms with Crippen LogP contribution in [0.3, 0.4) is 0 Å². The van der Waals surface area contributed by atoms with Crippen LogP contribution in [0.4, 0.5) is 24.5 Å². The Morgan fingerprint density at radius 2 is 1.92 bits per heavy atom. The number of alkyl halides is 3.